The average Bonchev–Trinajstić information content (AvgIpc) is 3.55. The molecule has 3 aliphatic carbocycles. The van der Waals surface area contributed by atoms with Gasteiger partial charge < -0.3 is 14.9 Å². The Hall–Kier alpha value is -1.79. The maximum Gasteiger partial charge on any atom is 0.165 e. The van der Waals surface area contributed by atoms with E-state index in [-0.39, 0.29) is 36.3 Å². The van der Waals surface area contributed by atoms with Gasteiger partial charge in [-0.25, -0.2) is 0 Å². The molecule has 1 spiro atoms. The third kappa shape index (κ3) is 2.97. The summed E-state index contributed by atoms with van der Waals surface area (Å²) in [7, 11) is 2.19. The van der Waals surface area contributed by atoms with E-state index in [9.17, 15) is 10.2 Å². The number of phenolic OH excluding ortho intramolecular Hbond substituents is 1. The van der Waals surface area contributed by atoms with Crippen LogP contribution in [0.25, 0.3) is 0 Å². The van der Waals surface area contributed by atoms with E-state index in [1.165, 1.54) is 24.0 Å². The van der Waals surface area contributed by atoms with Crippen molar-refractivity contribution < 1.29 is 14.9 Å². The van der Waals surface area contributed by atoms with E-state index in [0.717, 1.165) is 56.8 Å². The minimum Gasteiger partial charge on any atom is -0.504 e. The van der Waals surface area contributed by atoms with Crippen LogP contribution in [0.5, 0.6) is 11.5 Å². The van der Waals surface area contributed by atoms with E-state index in [0.29, 0.717) is 5.75 Å². The fourth-order valence-electron chi connectivity index (χ4n) is 7.90. The Labute approximate surface area is 208 Å². The van der Waals surface area contributed by atoms with Gasteiger partial charge in [-0.1, -0.05) is 36.4 Å². The number of piperidine rings is 1. The third-order valence-electron chi connectivity index (χ3n) is 9.57. The summed E-state index contributed by atoms with van der Waals surface area (Å²) in [6, 6.07) is 14.8. The Bertz CT molecular complexity index is 1090. The Morgan fingerprint density at radius 2 is 1.88 bits per heavy atom. The molecule has 0 aromatic heterocycles. The number of phenols is 1. The number of likely N-dealkylation sites (tertiary alicyclic amines) is 1. The molecule has 5 nitrogen and oxygen atoms in total. The van der Waals surface area contributed by atoms with Crippen molar-refractivity contribution in [2.75, 3.05) is 20.1 Å². The van der Waals surface area contributed by atoms with E-state index in [1.807, 2.05) is 0 Å². The zero-order chi connectivity index (χ0) is 22.4. The summed E-state index contributed by atoms with van der Waals surface area (Å²) in [4.78, 5) is 5.01. The molecule has 6 heteroatoms. The first-order valence-electron chi connectivity index (χ1n) is 12.7. The molecule has 5 aliphatic rings. The summed E-state index contributed by atoms with van der Waals surface area (Å²) in [5.74, 6) is 1.68. The molecule has 0 unspecified atom stereocenters. The number of likely N-dealkylation sites (N-methyl/N-ethyl adjacent to an activating group) is 1. The Kier molecular flexibility index (Phi) is 5.24. The van der Waals surface area contributed by atoms with E-state index < -0.39 is 11.0 Å². The second-order valence-electron chi connectivity index (χ2n) is 11.3. The molecule has 2 aromatic carbocycles. The number of ether oxygens (including phenoxy) is 1. The first-order valence-corrected chi connectivity index (χ1v) is 12.7. The second kappa shape index (κ2) is 7.86. The van der Waals surface area contributed by atoms with Gasteiger partial charge >= 0.3 is 0 Å². The van der Waals surface area contributed by atoms with E-state index in [1.54, 1.807) is 6.07 Å². The van der Waals surface area contributed by atoms with Gasteiger partial charge in [-0.3, -0.25) is 9.80 Å². The average molecular weight is 483 g/mol. The monoisotopic (exact) mass is 482 g/mol. The molecular weight excluding hydrogens is 448 g/mol. The first kappa shape index (κ1) is 22.7. The molecule has 5 atom stereocenters. The molecule has 34 heavy (non-hydrogen) atoms. The highest BCUT2D eigenvalue weighted by molar-refractivity contribution is 5.85. The van der Waals surface area contributed by atoms with Gasteiger partial charge in [0.15, 0.2) is 11.5 Å². The topological polar surface area (TPSA) is 56.2 Å². The largest absolute Gasteiger partial charge is 0.504 e. The summed E-state index contributed by atoms with van der Waals surface area (Å²) in [5, 5.41) is 23.4. The molecule has 0 amide bonds. The van der Waals surface area contributed by atoms with Crippen molar-refractivity contribution >= 4 is 12.4 Å². The van der Waals surface area contributed by atoms with Gasteiger partial charge in [-0.05, 0) is 75.2 Å². The van der Waals surface area contributed by atoms with Crippen LogP contribution in [0.3, 0.4) is 0 Å². The van der Waals surface area contributed by atoms with Crippen molar-refractivity contribution in [2.24, 2.45) is 5.92 Å². The minimum atomic E-state index is -0.805. The molecule has 2 N–H and O–H groups in total. The van der Waals surface area contributed by atoms with Crippen molar-refractivity contribution in [3.8, 4) is 11.5 Å². The molecule has 1 saturated heterocycles. The highest BCUT2D eigenvalue weighted by Crippen LogP contribution is 2.66. The van der Waals surface area contributed by atoms with Crippen LogP contribution in [0, 0.1) is 5.92 Å². The maximum absolute atomic E-state index is 12.6. The maximum atomic E-state index is 12.6. The number of benzene rings is 2. The molecule has 7 rings (SSSR count). The van der Waals surface area contributed by atoms with Gasteiger partial charge in [0.05, 0.1) is 11.0 Å². The van der Waals surface area contributed by atoms with Gasteiger partial charge in [-0.15, -0.1) is 12.4 Å². The highest BCUT2D eigenvalue weighted by atomic mass is 35.5. The number of hydrogen-bond donors (Lipinski definition) is 2. The molecule has 3 fully saturated rings. The number of aliphatic hydroxyl groups is 1. The normalized spacial score (nSPS) is 35.4. The highest BCUT2D eigenvalue weighted by Gasteiger charge is 2.73. The Balaban J connectivity index is 0.00000217. The fourth-order valence-corrected chi connectivity index (χ4v) is 7.90. The smallest absolute Gasteiger partial charge is 0.165 e. The van der Waals surface area contributed by atoms with Crippen LogP contribution in [0.1, 0.15) is 48.8 Å². The predicted octanol–water partition coefficient (Wildman–Crippen LogP) is 3.88. The van der Waals surface area contributed by atoms with Crippen molar-refractivity contribution in [3.63, 3.8) is 0 Å². The number of aromatic hydroxyl groups is 1. The standard InChI is InChI=1S/C28H34N2O3.ClH/c1-29(16-18-5-3-2-4-6-18)21-11-12-28(32)23-15-20-9-10-22(31)25-24(20)27(28,26(21)33-25)13-14-30(23)17-19-7-8-19;/h2-6,9-10,19,21,23,26,31-32H,7-8,11-17H2,1H3;1H/t21-,23-,26+,27+,28-;/m1./s1. The number of hydrogen-bond acceptors (Lipinski definition) is 5. The van der Waals surface area contributed by atoms with Gasteiger partial charge in [0.1, 0.15) is 6.10 Å². The summed E-state index contributed by atoms with van der Waals surface area (Å²) in [5.41, 5.74) is 2.44. The van der Waals surface area contributed by atoms with Crippen molar-refractivity contribution in [1.82, 2.24) is 9.80 Å². The number of nitrogens with zero attached hydrogens (tertiary/aromatic N) is 2. The SMILES string of the molecule is CN(Cc1ccccc1)[C@@H]1CC[C@@]2(O)[C@H]3Cc4ccc(O)c5c4[C@@]2(CCN3CC2CC2)[C@H]1O5.Cl. The lowest BCUT2D eigenvalue weighted by atomic mass is 9.48. The zero-order valence-corrected chi connectivity index (χ0v) is 20.6. The molecule has 182 valence electrons. The Morgan fingerprint density at radius 3 is 2.65 bits per heavy atom. The molecule has 0 radical (unpaired) electrons. The summed E-state index contributed by atoms with van der Waals surface area (Å²) in [6.07, 6.45) is 5.98. The lowest BCUT2D eigenvalue weighted by Crippen LogP contribution is -2.78. The first-order chi connectivity index (χ1) is 16.0. The van der Waals surface area contributed by atoms with Gasteiger partial charge in [-0.2, -0.15) is 0 Å². The van der Waals surface area contributed by atoms with Crippen molar-refractivity contribution in [1.29, 1.82) is 0 Å². The lowest BCUT2D eigenvalue weighted by molar-refractivity contribution is -0.200. The van der Waals surface area contributed by atoms with Crippen LogP contribution >= 0.6 is 12.4 Å². The van der Waals surface area contributed by atoms with Crippen LogP contribution in [0.15, 0.2) is 42.5 Å². The van der Waals surface area contributed by atoms with Crippen LogP contribution in [-0.2, 0) is 18.4 Å². The summed E-state index contributed by atoms with van der Waals surface area (Å²) < 4.78 is 6.70. The Morgan fingerprint density at radius 1 is 1.09 bits per heavy atom. The molecule has 2 aromatic rings. The van der Waals surface area contributed by atoms with Gasteiger partial charge in [0.25, 0.3) is 0 Å². The van der Waals surface area contributed by atoms with E-state index >= 15 is 0 Å². The fraction of sp³-hybridized carbons (Fsp3) is 0.571. The molecule has 2 bridgehead atoms. The number of rotatable bonds is 5. The zero-order valence-electron chi connectivity index (χ0n) is 19.8. The molecular formula is C28H35ClN2O3. The molecule has 2 heterocycles. The molecule has 2 saturated carbocycles. The van der Waals surface area contributed by atoms with Crippen LogP contribution < -0.4 is 4.74 Å². The predicted molar refractivity (Wildman–Crippen MR) is 134 cm³/mol. The quantitative estimate of drug-likeness (QED) is 0.677. The summed E-state index contributed by atoms with van der Waals surface area (Å²) >= 11 is 0. The number of halogens is 1. The summed E-state index contributed by atoms with van der Waals surface area (Å²) in [6.45, 7) is 2.98. The van der Waals surface area contributed by atoms with Gasteiger partial charge in [0, 0.05) is 30.7 Å². The van der Waals surface area contributed by atoms with Crippen LogP contribution in [-0.4, -0.2) is 63.9 Å². The van der Waals surface area contributed by atoms with Crippen LogP contribution in [0.4, 0.5) is 0 Å². The minimum absolute atomic E-state index is 0. The van der Waals surface area contributed by atoms with Gasteiger partial charge in [0.2, 0.25) is 0 Å². The van der Waals surface area contributed by atoms with E-state index in [2.05, 4.69) is 53.2 Å². The molecule has 2 aliphatic heterocycles. The third-order valence-corrected chi connectivity index (χ3v) is 9.57. The second-order valence-corrected chi connectivity index (χ2v) is 11.3. The lowest BCUT2D eigenvalue weighted by Gasteiger charge is -2.64. The van der Waals surface area contributed by atoms with Crippen molar-refractivity contribution in [3.05, 3.63) is 59.2 Å². The van der Waals surface area contributed by atoms with Crippen LogP contribution in [0.2, 0.25) is 0 Å². The van der Waals surface area contributed by atoms with E-state index in [4.69, 9.17) is 4.74 Å². The van der Waals surface area contributed by atoms with Crippen molar-refractivity contribution in [2.45, 2.75) is 74.3 Å².